The average molecular weight is 404 g/mol. The lowest BCUT2D eigenvalue weighted by Crippen LogP contribution is -2.11. The zero-order chi connectivity index (χ0) is 20.2. The number of hydrogen-bond acceptors (Lipinski definition) is 5. The monoisotopic (exact) mass is 403 g/mol. The quantitative estimate of drug-likeness (QED) is 0.386. The lowest BCUT2D eigenvalue weighted by molar-refractivity contribution is -0.115. The largest absolute Gasteiger partial charge is 0.457 e. The maximum absolute atomic E-state index is 11.8. The molecule has 0 aliphatic heterocycles. The van der Waals surface area contributed by atoms with Crippen molar-refractivity contribution in [2.75, 3.05) is 10.6 Å². The molecule has 4 rings (SSSR count). The fourth-order valence-electron chi connectivity index (χ4n) is 2.97. The summed E-state index contributed by atoms with van der Waals surface area (Å²) in [4.78, 5) is 17.4. The van der Waals surface area contributed by atoms with Crippen molar-refractivity contribution >= 4 is 44.5 Å². The minimum absolute atomic E-state index is 0.0386. The standard InChI is InChI=1S/C23H21N3O2S/c1-3-23(27)26-20-7-5-4-6-19(20)25-22-14-18(10-11-24-22)28-17-8-9-21-16(13-17)12-15(2)29-21/h4-14H,3H2,1-2H3,(H,24,25)(H,26,27). The predicted molar refractivity (Wildman–Crippen MR) is 120 cm³/mol. The number of hydrogen-bond donors (Lipinski definition) is 2. The highest BCUT2D eigenvalue weighted by molar-refractivity contribution is 7.19. The number of fused-ring (bicyclic) bond motifs is 1. The van der Waals surface area contributed by atoms with E-state index < -0.39 is 0 Å². The lowest BCUT2D eigenvalue weighted by Gasteiger charge is -2.13. The van der Waals surface area contributed by atoms with E-state index in [-0.39, 0.29) is 5.91 Å². The number of thiophene rings is 1. The molecule has 0 unspecified atom stereocenters. The number of para-hydroxylation sites is 2. The lowest BCUT2D eigenvalue weighted by atomic mass is 10.2. The molecule has 2 aromatic heterocycles. The van der Waals surface area contributed by atoms with Crippen LogP contribution in [0.3, 0.4) is 0 Å². The van der Waals surface area contributed by atoms with Crippen LogP contribution in [0.25, 0.3) is 10.1 Å². The molecule has 0 atom stereocenters. The first-order chi connectivity index (χ1) is 14.1. The summed E-state index contributed by atoms with van der Waals surface area (Å²) in [5, 5.41) is 7.33. The first kappa shape index (κ1) is 19.0. The minimum Gasteiger partial charge on any atom is -0.457 e. The van der Waals surface area contributed by atoms with Crippen molar-refractivity contribution in [1.29, 1.82) is 0 Å². The van der Waals surface area contributed by atoms with Crippen molar-refractivity contribution < 1.29 is 9.53 Å². The third-order valence-electron chi connectivity index (χ3n) is 4.36. The summed E-state index contributed by atoms with van der Waals surface area (Å²) < 4.78 is 7.29. The van der Waals surface area contributed by atoms with Crippen molar-refractivity contribution in [3.63, 3.8) is 0 Å². The van der Waals surface area contributed by atoms with Gasteiger partial charge in [0.2, 0.25) is 5.91 Å². The Morgan fingerprint density at radius 1 is 1.03 bits per heavy atom. The average Bonchev–Trinajstić information content (AvgIpc) is 3.09. The van der Waals surface area contributed by atoms with Gasteiger partial charge in [0, 0.05) is 28.3 Å². The Balaban J connectivity index is 1.54. The molecule has 146 valence electrons. The molecule has 0 fully saturated rings. The third kappa shape index (κ3) is 4.55. The van der Waals surface area contributed by atoms with Gasteiger partial charge in [-0.25, -0.2) is 4.98 Å². The number of pyridine rings is 1. The maximum Gasteiger partial charge on any atom is 0.224 e. The summed E-state index contributed by atoms with van der Waals surface area (Å²) in [7, 11) is 0. The number of aryl methyl sites for hydroxylation is 1. The molecular formula is C23H21N3O2S. The molecular weight excluding hydrogens is 382 g/mol. The number of carbonyl (C=O) groups excluding carboxylic acids is 1. The van der Waals surface area contributed by atoms with Crippen LogP contribution < -0.4 is 15.4 Å². The number of ether oxygens (including phenoxy) is 1. The maximum atomic E-state index is 11.8. The van der Waals surface area contributed by atoms with Gasteiger partial charge in [-0.15, -0.1) is 11.3 Å². The Bertz CT molecular complexity index is 1170. The topological polar surface area (TPSA) is 63.2 Å². The van der Waals surface area contributed by atoms with Gasteiger partial charge in [0.15, 0.2) is 0 Å². The number of nitrogens with one attached hydrogen (secondary N) is 2. The second-order valence-corrected chi connectivity index (χ2v) is 7.90. The first-order valence-corrected chi connectivity index (χ1v) is 10.2. The summed E-state index contributed by atoms with van der Waals surface area (Å²) in [5.74, 6) is 2.06. The van der Waals surface area contributed by atoms with Gasteiger partial charge in [0.25, 0.3) is 0 Å². The third-order valence-corrected chi connectivity index (χ3v) is 5.39. The Morgan fingerprint density at radius 2 is 1.83 bits per heavy atom. The molecule has 0 bridgehead atoms. The van der Waals surface area contributed by atoms with Crippen molar-refractivity contribution in [3.05, 3.63) is 71.7 Å². The van der Waals surface area contributed by atoms with E-state index >= 15 is 0 Å². The number of aromatic nitrogens is 1. The first-order valence-electron chi connectivity index (χ1n) is 9.41. The highest BCUT2D eigenvalue weighted by atomic mass is 32.1. The Kier molecular flexibility index (Phi) is 5.44. The second kappa shape index (κ2) is 8.32. The SMILES string of the molecule is CCC(=O)Nc1ccccc1Nc1cc(Oc2ccc3sc(C)cc3c2)ccn1. The summed E-state index contributed by atoms with van der Waals surface area (Å²) in [6.45, 7) is 3.93. The number of anilines is 3. The highest BCUT2D eigenvalue weighted by Gasteiger charge is 2.08. The zero-order valence-electron chi connectivity index (χ0n) is 16.2. The van der Waals surface area contributed by atoms with Gasteiger partial charge in [-0.1, -0.05) is 19.1 Å². The molecule has 0 spiro atoms. The zero-order valence-corrected chi connectivity index (χ0v) is 17.0. The normalized spacial score (nSPS) is 10.7. The van der Waals surface area contributed by atoms with Crippen molar-refractivity contribution in [3.8, 4) is 11.5 Å². The van der Waals surface area contributed by atoms with E-state index in [2.05, 4.69) is 34.7 Å². The van der Waals surface area contributed by atoms with Gasteiger partial charge < -0.3 is 15.4 Å². The Labute approximate surface area is 173 Å². The minimum atomic E-state index is -0.0386. The molecule has 0 saturated carbocycles. The molecule has 0 aliphatic carbocycles. The molecule has 1 amide bonds. The van der Waals surface area contributed by atoms with Crippen molar-refractivity contribution in [1.82, 2.24) is 4.98 Å². The van der Waals surface area contributed by atoms with Gasteiger partial charge in [-0.3, -0.25) is 4.79 Å². The van der Waals surface area contributed by atoms with Gasteiger partial charge in [-0.2, -0.15) is 0 Å². The van der Waals surface area contributed by atoms with Crippen LogP contribution in [-0.2, 0) is 4.79 Å². The Hall–Kier alpha value is -3.38. The molecule has 5 nitrogen and oxygen atoms in total. The molecule has 29 heavy (non-hydrogen) atoms. The molecule has 2 heterocycles. The van der Waals surface area contributed by atoms with E-state index in [0.717, 1.165) is 11.4 Å². The van der Waals surface area contributed by atoms with Crippen LogP contribution in [0.2, 0.25) is 0 Å². The summed E-state index contributed by atoms with van der Waals surface area (Å²) in [5.41, 5.74) is 1.49. The van der Waals surface area contributed by atoms with E-state index in [9.17, 15) is 4.79 Å². The van der Waals surface area contributed by atoms with Crippen LogP contribution in [0.1, 0.15) is 18.2 Å². The number of nitrogens with zero attached hydrogens (tertiary/aromatic N) is 1. The van der Waals surface area contributed by atoms with Crippen LogP contribution in [0.15, 0.2) is 66.9 Å². The molecule has 0 saturated heterocycles. The summed E-state index contributed by atoms with van der Waals surface area (Å²) in [6, 6.07) is 19.4. The number of benzene rings is 2. The van der Waals surface area contributed by atoms with Gasteiger partial charge in [0.05, 0.1) is 11.4 Å². The van der Waals surface area contributed by atoms with Gasteiger partial charge >= 0.3 is 0 Å². The van der Waals surface area contributed by atoms with E-state index in [1.807, 2.05) is 55.5 Å². The van der Waals surface area contributed by atoms with Crippen LogP contribution in [0, 0.1) is 6.92 Å². The number of rotatable bonds is 6. The van der Waals surface area contributed by atoms with Crippen LogP contribution >= 0.6 is 11.3 Å². The van der Waals surface area contributed by atoms with Gasteiger partial charge in [-0.05, 0) is 54.8 Å². The summed E-state index contributed by atoms with van der Waals surface area (Å²) >= 11 is 1.77. The highest BCUT2D eigenvalue weighted by Crippen LogP contribution is 2.32. The van der Waals surface area contributed by atoms with Crippen molar-refractivity contribution in [2.24, 2.45) is 0 Å². The van der Waals surface area contributed by atoms with E-state index in [1.165, 1.54) is 15.0 Å². The van der Waals surface area contributed by atoms with Crippen LogP contribution in [-0.4, -0.2) is 10.9 Å². The molecule has 2 N–H and O–H groups in total. The fourth-order valence-corrected chi connectivity index (χ4v) is 3.88. The summed E-state index contributed by atoms with van der Waals surface area (Å²) in [6.07, 6.45) is 2.11. The number of amides is 1. The molecule has 6 heteroatoms. The predicted octanol–water partition coefficient (Wildman–Crippen LogP) is 6.49. The van der Waals surface area contributed by atoms with Gasteiger partial charge in [0.1, 0.15) is 17.3 Å². The van der Waals surface area contributed by atoms with Crippen LogP contribution in [0.4, 0.5) is 17.2 Å². The van der Waals surface area contributed by atoms with Crippen LogP contribution in [0.5, 0.6) is 11.5 Å². The van der Waals surface area contributed by atoms with Crippen molar-refractivity contribution in [2.45, 2.75) is 20.3 Å². The second-order valence-electron chi connectivity index (χ2n) is 6.61. The molecule has 0 radical (unpaired) electrons. The smallest absolute Gasteiger partial charge is 0.224 e. The molecule has 4 aromatic rings. The fraction of sp³-hybridized carbons (Fsp3) is 0.130. The molecule has 2 aromatic carbocycles. The van der Waals surface area contributed by atoms with E-state index in [0.29, 0.717) is 23.7 Å². The van der Waals surface area contributed by atoms with E-state index in [1.54, 1.807) is 17.5 Å². The molecule has 0 aliphatic rings. The number of carbonyl (C=O) groups is 1. The Morgan fingerprint density at radius 3 is 2.66 bits per heavy atom. The van der Waals surface area contributed by atoms with E-state index in [4.69, 9.17) is 4.74 Å².